The van der Waals surface area contributed by atoms with Crippen molar-refractivity contribution in [3.05, 3.63) is 33.3 Å². The van der Waals surface area contributed by atoms with Gasteiger partial charge in [-0.3, -0.25) is 4.79 Å². The predicted molar refractivity (Wildman–Crippen MR) is 80.9 cm³/mol. The molecule has 0 atom stereocenters. The minimum absolute atomic E-state index is 0.0932. The Morgan fingerprint density at radius 3 is 2.59 bits per heavy atom. The molecule has 22 heavy (non-hydrogen) atoms. The molecule has 1 aromatic carbocycles. The quantitative estimate of drug-likeness (QED) is 0.814. The smallest absolute Gasteiger partial charge is 0.283 e. The zero-order valence-corrected chi connectivity index (χ0v) is 12.6. The number of hydrogen-bond acceptors (Lipinski definition) is 6. The largest absolute Gasteiger partial charge is 0.505 e. The van der Waals surface area contributed by atoms with Crippen molar-refractivity contribution in [3.63, 3.8) is 0 Å². The van der Waals surface area contributed by atoms with E-state index >= 15 is 0 Å². The maximum Gasteiger partial charge on any atom is 0.283 e. The first-order valence-electron chi connectivity index (χ1n) is 6.01. The number of aromatic hydroxyl groups is 1. The number of carbonyl (C=O) groups is 1. The van der Waals surface area contributed by atoms with Gasteiger partial charge in [0.05, 0.1) is 21.3 Å². The van der Waals surface area contributed by atoms with Gasteiger partial charge >= 0.3 is 0 Å². The molecule has 1 aromatic heterocycles. The molecule has 1 aliphatic rings. The number of nitrogens with one attached hydrogen (secondary N) is 1. The van der Waals surface area contributed by atoms with E-state index in [0.717, 1.165) is 5.01 Å². The van der Waals surface area contributed by atoms with Gasteiger partial charge in [0.15, 0.2) is 5.75 Å². The lowest BCUT2D eigenvalue weighted by Gasteiger charge is -2.06. The fourth-order valence-corrected chi connectivity index (χ4v) is 2.41. The predicted octanol–water partition coefficient (Wildman–Crippen LogP) is 2.02. The summed E-state index contributed by atoms with van der Waals surface area (Å²) in [5.74, 6) is -0.478. The first-order valence-corrected chi connectivity index (χ1v) is 6.76. The summed E-state index contributed by atoms with van der Waals surface area (Å²) in [4.78, 5) is 12.4. The second-order valence-electron chi connectivity index (χ2n) is 4.42. The molecule has 0 fully saturated rings. The van der Waals surface area contributed by atoms with Crippen molar-refractivity contribution in [1.29, 1.82) is 0 Å². The fourth-order valence-electron chi connectivity index (χ4n) is 1.91. The Morgan fingerprint density at radius 1 is 1.32 bits per heavy atom. The Balaban J connectivity index is 1.99. The molecule has 0 radical (unpaired) electrons. The van der Waals surface area contributed by atoms with Crippen LogP contribution in [0.5, 0.6) is 5.75 Å². The molecule has 1 aliphatic heterocycles. The average molecular weight is 339 g/mol. The van der Waals surface area contributed by atoms with E-state index in [9.17, 15) is 9.90 Å². The summed E-state index contributed by atoms with van der Waals surface area (Å²) in [6.45, 7) is 1.68. The molecule has 1 amide bonds. The van der Waals surface area contributed by atoms with Gasteiger partial charge in [-0.1, -0.05) is 28.3 Å². The van der Waals surface area contributed by atoms with Crippen molar-refractivity contribution in [2.24, 2.45) is 5.10 Å². The topological polar surface area (TPSA) is 107 Å². The standard InChI is InChI=1S/C12H8Cl2N6O2/c1-5-7(2-6-3-8(13)10(21)9(14)4-6)11(22)20(17-5)12-15-18-19-16-12/h2-4,21H,1H3,(H,15,16,18,19)/b7-2-. The van der Waals surface area contributed by atoms with Crippen LogP contribution >= 0.6 is 23.2 Å². The Labute approximate surface area is 134 Å². The van der Waals surface area contributed by atoms with Gasteiger partial charge in [0.2, 0.25) is 0 Å². The number of hydrogen-bond donors (Lipinski definition) is 2. The molecule has 0 spiro atoms. The third-order valence-corrected chi connectivity index (χ3v) is 3.52. The van der Waals surface area contributed by atoms with Crippen LogP contribution in [0.25, 0.3) is 6.08 Å². The molecule has 2 heterocycles. The highest BCUT2D eigenvalue weighted by Crippen LogP contribution is 2.34. The second-order valence-corrected chi connectivity index (χ2v) is 5.23. The molecule has 0 saturated heterocycles. The molecule has 3 rings (SSSR count). The Hall–Kier alpha value is -2.45. The van der Waals surface area contributed by atoms with Gasteiger partial charge in [-0.15, -0.1) is 0 Å². The van der Waals surface area contributed by atoms with Gasteiger partial charge in [0, 0.05) is 0 Å². The summed E-state index contributed by atoms with van der Waals surface area (Å²) in [7, 11) is 0. The molecule has 2 aromatic rings. The molecule has 8 nitrogen and oxygen atoms in total. The Morgan fingerprint density at radius 2 is 2.00 bits per heavy atom. The number of H-pyrrole nitrogens is 1. The summed E-state index contributed by atoms with van der Waals surface area (Å²) < 4.78 is 0. The average Bonchev–Trinajstić information content (AvgIpc) is 3.08. The van der Waals surface area contributed by atoms with Crippen LogP contribution in [0.2, 0.25) is 10.0 Å². The zero-order chi connectivity index (χ0) is 15.9. The van der Waals surface area contributed by atoms with Gasteiger partial charge in [0.25, 0.3) is 11.9 Å². The van der Waals surface area contributed by atoms with Crippen LogP contribution in [0, 0.1) is 0 Å². The number of phenols is 1. The van der Waals surface area contributed by atoms with E-state index in [-0.39, 0.29) is 21.7 Å². The highest BCUT2D eigenvalue weighted by atomic mass is 35.5. The lowest BCUT2D eigenvalue weighted by atomic mass is 10.1. The van der Waals surface area contributed by atoms with Crippen molar-refractivity contribution < 1.29 is 9.90 Å². The molecule has 0 saturated carbocycles. The normalized spacial score (nSPS) is 16.5. The number of rotatable bonds is 2. The van der Waals surface area contributed by atoms with E-state index in [1.807, 2.05) is 0 Å². The van der Waals surface area contributed by atoms with Crippen LogP contribution in [0.3, 0.4) is 0 Å². The van der Waals surface area contributed by atoms with Crippen LogP contribution in [-0.2, 0) is 4.79 Å². The minimum atomic E-state index is -0.392. The zero-order valence-electron chi connectivity index (χ0n) is 11.1. The summed E-state index contributed by atoms with van der Waals surface area (Å²) in [6, 6.07) is 2.99. The molecular weight excluding hydrogens is 331 g/mol. The maximum absolute atomic E-state index is 12.4. The number of tetrazole rings is 1. The minimum Gasteiger partial charge on any atom is -0.505 e. The first-order chi connectivity index (χ1) is 10.5. The highest BCUT2D eigenvalue weighted by Gasteiger charge is 2.30. The lowest BCUT2D eigenvalue weighted by molar-refractivity contribution is -0.114. The molecule has 0 bridgehead atoms. The number of hydrazone groups is 1. The van der Waals surface area contributed by atoms with Crippen molar-refractivity contribution in [3.8, 4) is 5.75 Å². The summed E-state index contributed by atoms with van der Waals surface area (Å²) in [6.07, 6.45) is 1.57. The van der Waals surface area contributed by atoms with E-state index in [1.54, 1.807) is 13.0 Å². The van der Waals surface area contributed by atoms with Gasteiger partial charge in [-0.25, -0.2) is 5.10 Å². The van der Waals surface area contributed by atoms with Crippen molar-refractivity contribution >= 4 is 46.8 Å². The monoisotopic (exact) mass is 338 g/mol. The SMILES string of the molecule is CC1=NN(c2nnn[nH]2)C(=O)/C1=C\c1cc(Cl)c(O)c(Cl)c1. The maximum atomic E-state index is 12.4. The van der Waals surface area contributed by atoms with Gasteiger partial charge in [-0.2, -0.15) is 10.1 Å². The van der Waals surface area contributed by atoms with E-state index in [0.29, 0.717) is 16.8 Å². The number of phenolic OH excluding ortho intramolecular Hbond substituents is 1. The van der Waals surface area contributed by atoms with Crippen LogP contribution in [0.1, 0.15) is 12.5 Å². The molecule has 112 valence electrons. The van der Waals surface area contributed by atoms with Gasteiger partial charge in [0.1, 0.15) is 0 Å². The van der Waals surface area contributed by atoms with Crippen molar-refractivity contribution in [1.82, 2.24) is 20.6 Å². The number of aromatic amines is 1. The summed E-state index contributed by atoms with van der Waals surface area (Å²) in [5, 5.41) is 27.8. The van der Waals surface area contributed by atoms with Crippen LogP contribution in [0.15, 0.2) is 22.8 Å². The third kappa shape index (κ3) is 2.42. The molecule has 2 N–H and O–H groups in total. The fraction of sp³-hybridized carbons (Fsp3) is 0.0833. The van der Waals surface area contributed by atoms with Crippen LogP contribution in [0.4, 0.5) is 5.95 Å². The molecular formula is C12H8Cl2N6O2. The Kier molecular flexibility index (Phi) is 3.55. The van der Waals surface area contributed by atoms with Crippen LogP contribution in [-0.4, -0.2) is 37.3 Å². The number of halogens is 2. The van der Waals surface area contributed by atoms with E-state index in [4.69, 9.17) is 23.2 Å². The van der Waals surface area contributed by atoms with Gasteiger partial charge in [-0.05, 0) is 41.1 Å². The van der Waals surface area contributed by atoms with Crippen LogP contribution < -0.4 is 5.01 Å². The number of aromatic nitrogens is 4. The number of carbonyl (C=O) groups excluding carboxylic acids is 1. The summed E-state index contributed by atoms with van der Waals surface area (Å²) >= 11 is 11.7. The number of amides is 1. The van der Waals surface area contributed by atoms with Crippen molar-refractivity contribution in [2.45, 2.75) is 6.92 Å². The number of benzene rings is 1. The van der Waals surface area contributed by atoms with E-state index in [2.05, 4.69) is 25.7 Å². The van der Waals surface area contributed by atoms with E-state index < -0.39 is 5.91 Å². The molecule has 10 heteroatoms. The number of anilines is 1. The second kappa shape index (κ2) is 5.39. The molecule has 0 aliphatic carbocycles. The number of nitrogens with zero attached hydrogens (tertiary/aromatic N) is 5. The Bertz CT molecular complexity index is 792. The van der Waals surface area contributed by atoms with Gasteiger partial charge < -0.3 is 5.11 Å². The first kappa shape index (κ1) is 14.5. The molecule has 0 unspecified atom stereocenters. The third-order valence-electron chi connectivity index (χ3n) is 2.95. The van der Waals surface area contributed by atoms with E-state index in [1.165, 1.54) is 12.1 Å². The summed E-state index contributed by atoms with van der Waals surface area (Å²) in [5.41, 5.74) is 1.39. The highest BCUT2D eigenvalue weighted by molar-refractivity contribution is 6.37. The van der Waals surface area contributed by atoms with Crippen molar-refractivity contribution in [2.75, 3.05) is 5.01 Å². The lowest BCUT2D eigenvalue weighted by Crippen LogP contribution is -2.22.